The zero-order valence-electron chi connectivity index (χ0n) is 19.0. The Kier molecular flexibility index (Phi) is 9.34. The molecule has 0 amide bonds. The van der Waals surface area contributed by atoms with Crippen LogP contribution in [0.15, 0.2) is 23.3 Å². The second-order valence-electron chi connectivity index (χ2n) is 8.27. The first kappa shape index (κ1) is 23.9. The van der Waals surface area contributed by atoms with Gasteiger partial charge in [0.2, 0.25) is 0 Å². The predicted octanol–water partition coefficient (Wildman–Crippen LogP) is 5.48. The fraction of sp³-hybridized carbons (Fsp3) is 0.818. The Hall–Kier alpha value is 0.593. The zero-order chi connectivity index (χ0) is 20.1. The van der Waals surface area contributed by atoms with Crippen LogP contribution in [0, 0.1) is 0 Å². The number of nitrogens with zero attached hydrogens (tertiary/aromatic N) is 3. The van der Waals surface area contributed by atoms with E-state index in [1.807, 2.05) is 0 Å². The second-order valence-corrected chi connectivity index (χ2v) is 23.1. The Morgan fingerprint density at radius 2 is 1.52 bits per heavy atom. The van der Waals surface area contributed by atoms with Crippen molar-refractivity contribution in [2.45, 2.75) is 64.4 Å². The van der Waals surface area contributed by atoms with Gasteiger partial charge in [0.1, 0.15) is 0 Å². The predicted molar refractivity (Wildman–Crippen MR) is 120 cm³/mol. The van der Waals surface area contributed by atoms with Crippen LogP contribution in [0.5, 0.6) is 0 Å². The first-order valence-electron chi connectivity index (χ1n) is 11.1. The number of rotatable bonds is 11. The van der Waals surface area contributed by atoms with E-state index >= 15 is 0 Å². The first-order chi connectivity index (χ1) is 12.9. The molecule has 1 aliphatic heterocycles. The molecule has 0 spiro atoms. The van der Waals surface area contributed by atoms with Crippen molar-refractivity contribution in [2.24, 2.45) is 0 Å². The van der Waals surface area contributed by atoms with Crippen LogP contribution in [-0.2, 0) is 19.4 Å². The van der Waals surface area contributed by atoms with Crippen molar-refractivity contribution in [1.82, 2.24) is 10.6 Å². The van der Waals surface area contributed by atoms with Crippen molar-refractivity contribution in [3.05, 3.63) is 23.3 Å². The molecule has 1 unspecified atom stereocenters. The number of hydrogen-bond acceptors (Lipinski definition) is 4. The molecule has 156 valence electrons. The van der Waals surface area contributed by atoms with Gasteiger partial charge in [0.25, 0.3) is 0 Å². The molecular formula is C22H43N3SZr. The molecule has 0 radical (unpaired) electrons. The summed E-state index contributed by atoms with van der Waals surface area (Å²) in [5.41, 5.74) is 3.07. The summed E-state index contributed by atoms with van der Waals surface area (Å²) in [5.74, 6) is 1.29. The average molecular weight is 473 g/mol. The minimum atomic E-state index is -3.02. The van der Waals surface area contributed by atoms with Gasteiger partial charge < -0.3 is 0 Å². The van der Waals surface area contributed by atoms with Crippen LogP contribution in [0.4, 0.5) is 0 Å². The minimum absolute atomic E-state index is 0.243. The van der Waals surface area contributed by atoms with Gasteiger partial charge in [-0.3, -0.25) is 0 Å². The molecule has 1 saturated heterocycles. The molecule has 0 aromatic carbocycles. The summed E-state index contributed by atoms with van der Waals surface area (Å²) in [6.45, 7) is 25.4. The van der Waals surface area contributed by atoms with Gasteiger partial charge in [0.05, 0.1) is 0 Å². The standard InChI is InChI=1S/C8H11.C6H13NS.2C4H10N.Zr/c1-6-4-7(2)8(3)5-6;8-6-5-7-3-1-2-4-7;2*1-3-5-4-2;/h4-5H,1-3H3;8H,1-6H2;2*3-4H2,1-2H3;/q;;2*-1;+3/p-1. The molecule has 1 fully saturated rings. The quantitative estimate of drug-likeness (QED) is 0.393. The molecule has 0 N–H and O–H groups in total. The van der Waals surface area contributed by atoms with Crippen molar-refractivity contribution < 1.29 is 19.4 Å². The van der Waals surface area contributed by atoms with Crippen molar-refractivity contribution >= 4 is 8.52 Å². The van der Waals surface area contributed by atoms with E-state index in [9.17, 15) is 0 Å². The molecule has 0 bridgehead atoms. The maximum absolute atomic E-state index is 3.02. The molecular weight excluding hydrogens is 430 g/mol. The van der Waals surface area contributed by atoms with E-state index in [2.05, 4.69) is 79.7 Å². The number of likely N-dealkylation sites (tertiary alicyclic amines) is 1. The van der Waals surface area contributed by atoms with E-state index in [1.165, 1.54) is 70.0 Å². The third-order valence-corrected chi connectivity index (χ3v) is 29.5. The van der Waals surface area contributed by atoms with Crippen molar-refractivity contribution in [3.8, 4) is 0 Å². The Balaban J connectivity index is 2.43. The van der Waals surface area contributed by atoms with E-state index in [-0.39, 0.29) is 3.12 Å². The third kappa shape index (κ3) is 4.68. The Morgan fingerprint density at radius 1 is 1.00 bits per heavy atom. The Morgan fingerprint density at radius 3 is 1.93 bits per heavy atom. The summed E-state index contributed by atoms with van der Waals surface area (Å²) in [6, 6.07) is 0. The molecule has 2 aliphatic rings. The van der Waals surface area contributed by atoms with Gasteiger partial charge in [-0.15, -0.1) is 0 Å². The topological polar surface area (TPSA) is 9.72 Å². The molecule has 5 heteroatoms. The molecule has 0 aromatic heterocycles. The zero-order valence-corrected chi connectivity index (χ0v) is 22.3. The molecule has 27 heavy (non-hydrogen) atoms. The molecule has 3 nitrogen and oxygen atoms in total. The van der Waals surface area contributed by atoms with Gasteiger partial charge in [-0.1, -0.05) is 0 Å². The number of allylic oxidation sites excluding steroid dienone is 4. The molecule has 1 atom stereocenters. The summed E-state index contributed by atoms with van der Waals surface area (Å²) in [6.07, 6.45) is 7.89. The normalized spacial score (nSPS) is 24.2. The van der Waals surface area contributed by atoms with Gasteiger partial charge in [0, 0.05) is 0 Å². The third-order valence-electron chi connectivity index (χ3n) is 6.75. The van der Waals surface area contributed by atoms with Gasteiger partial charge in [0.15, 0.2) is 0 Å². The van der Waals surface area contributed by atoms with E-state index in [1.54, 1.807) is 5.57 Å². The van der Waals surface area contributed by atoms with E-state index in [4.69, 9.17) is 0 Å². The monoisotopic (exact) mass is 471 g/mol. The van der Waals surface area contributed by atoms with Crippen LogP contribution in [0.1, 0.15) is 61.3 Å². The molecule has 0 saturated carbocycles. The van der Waals surface area contributed by atoms with Crippen LogP contribution >= 0.6 is 8.52 Å². The molecule has 1 aliphatic carbocycles. The van der Waals surface area contributed by atoms with Crippen LogP contribution in [-0.4, -0.2) is 62.2 Å². The van der Waals surface area contributed by atoms with E-state index in [0.29, 0.717) is 0 Å². The molecule has 1 heterocycles. The Labute approximate surface area is 177 Å². The van der Waals surface area contributed by atoms with Crippen molar-refractivity contribution in [3.63, 3.8) is 0 Å². The van der Waals surface area contributed by atoms with Gasteiger partial charge in [-0.25, -0.2) is 0 Å². The van der Waals surface area contributed by atoms with Crippen molar-refractivity contribution in [1.29, 1.82) is 0 Å². The van der Waals surface area contributed by atoms with E-state index < -0.39 is 19.4 Å². The SMILES string of the molecule is CC[N](CC)[Zr]([S]CCN1CCCC1)([N](CC)CC)[C]1(C)C=C(C)C=C1C. The molecule has 0 aromatic rings. The number of hydrogen-bond donors (Lipinski definition) is 0. The maximum atomic E-state index is 2.93. The van der Waals surface area contributed by atoms with Crippen LogP contribution in [0.25, 0.3) is 0 Å². The first-order valence-corrected chi connectivity index (χ1v) is 18.6. The fourth-order valence-corrected chi connectivity index (χ4v) is 29.5. The summed E-state index contributed by atoms with van der Waals surface area (Å²) in [5, 5.41) is 0. The second kappa shape index (κ2) is 10.6. The molecule has 2 rings (SSSR count). The Bertz CT molecular complexity index is 522. The van der Waals surface area contributed by atoms with Crippen LogP contribution in [0.3, 0.4) is 0 Å². The fourth-order valence-electron chi connectivity index (χ4n) is 5.27. The van der Waals surface area contributed by atoms with E-state index in [0.717, 1.165) is 0 Å². The summed E-state index contributed by atoms with van der Waals surface area (Å²) in [4.78, 5) is 2.69. The summed E-state index contributed by atoms with van der Waals surface area (Å²) >= 11 is -3.02. The van der Waals surface area contributed by atoms with Gasteiger partial charge in [-0.05, 0) is 0 Å². The van der Waals surface area contributed by atoms with Crippen LogP contribution < -0.4 is 0 Å². The van der Waals surface area contributed by atoms with Crippen molar-refractivity contribution in [2.75, 3.05) is 51.6 Å². The van der Waals surface area contributed by atoms with Gasteiger partial charge >= 0.3 is 178 Å². The average Bonchev–Trinajstić information content (AvgIpc) is 3.24. The summed E-state index contributed by atoms with van der Waals surface area (Å²) in [7, 11) is 2.41. The van der Waals surface area contributed by atoms with Crippen LogP contribution in [0.2, 0.25) is 3.12 Å². The summed E-state index contributed by atoms with van der Waals surface area (Å²) < 4.78 is 6.11. The van der Waals surface area contributed by atoms with Gasteiger partial charge in [-0.2, -0.15) is 0 Å².